The summed E-state index contributed by atoms with van der Waals surface area (Å²) in [5.74, 6) is 1.78. The van der Waals surface area contributed by atoms with Gasteiger partial charge in [0.25, 0.3) is 11.5 Å². The minimum absolute atomic E-state index is 0.0125. The Morgan fingerprint density at radius 2 is 1.60 bits per heavy atom. The highest BCUT2D eigenvalue weighted by atomic mass is 16.5. The Kier molecular flexibility index (Phi) is 10.8. The zero-order valence-electron chi connectivity index (χ0n) is 30.6. The summed E-state index contributed by atoms with van der Waals surface area (Å²) in [5.41, 5.74) is 8.87. The summed E-state index contributed by atoms with van der Waals surface area (Å²) in [7, 11) is 5.18. The van der Waals surface area contributed by atoms with Gasteiger partial charge in [0.15, 0.2) is 0 Å². The Bertz CT molecular complexity index is 1850. The van der Waals surface area contributed by atoms with Crippen LogP contribution in [0.5, 0.6) is 11.5 Å². The van der Waals surface area contributed by atoms with Crippen molar-refractivity contribution in [2.75, 3.05) is 46.9 Å². The number of aryl methyl sites for hydroxylation is 1. The van der Waals surface area contributed by atoms with Crippen LogP contribution in [0.2, 0.25) is 0 Å². The molecule has 0 radical (unpaired) electrons. The predicted molar refractivity (Wildman–Crippen MR) is 196 cm³/mol. The molecule has 2 aromatic carbocycles. The molecule has 1 saturated carbocycles. The molecule has 1 amide bonds. The van der Waals surface area contributed by atoms with Gasteiger partial charge >= 0.3 is 0 Å². The maximum atomic E-state index is 13.5. The zero-order valence-corrected chi connectivity index (χ0v) is 30.6. The SMILES string of the molecule is COc1cc(-c2cn(C)c(=O)c(C)c2C)cc(OC)c1CN1CCN(Cc2cccc3c2CCN(C(=O)/C(C#N)=C/C2CCCC2)C3C)CC1. The number of fused-ring (bicyclic) bond motifs is 1. The number of aromatic nitrogens is 1. The first-order chi connectivity index (χ1) is 24.1. The van der Waals surface area contributed by atoms with E-state index in [0.717, 1.165) is 91.3 Å². The van der Waals surface area contributed by atoms with Crippen LogP contribution in [0.25, 0.3) is 11.1 Å². The average Bonchev–Trinajstić information content (AvgIpc) is 3.65. The number of allylic oxidation sites excluding steroid dienone is 1. The van der Waals surface area contributed by atoms with E-state index in [1.165, 1.54) is 29.5 Å². The van der Waals surface area contributed by atoms with Crippen molar-refractivity contribution in [2.24, 2.45) is 13.0 Å². The van der Waals surface area contributed by atoms with E-state index >= 15 is 0 Å². The molecule has 50 heavy (non-hydrogen) atoms. The third kappa shape index (κ3) is 7.10. The number of benzene rings is 2. The molecule has 1 atom stereocenters. The molecule has 3 aliphatic rings. The zero-order chi connectivity index (χ0) is 35.5. The van der Waals surface area contributed by atoms with Gasteiger partial charge in [-0.05, 0) is 85.9 Å². The minimum atomic E-state index is -0.126. The lowest BCUT2D eigenvalue weighted by molar-refractivity contribution is -0.129. The molecule has 2 fully saturated rings. The number of piperazine rings is 1. The van der Waals surface area contributed by atoms with E-state index < -0.39 is 0 Å². The molecule has 1 unspecified atom stereocenters. The summed E-state index contributed by atoms with van der Waals surface area (Å²) in [6, 6.07) is 12.8. The highest BCUT2D eigenvalue weighted by Crippen LogP contribution is 2.38. The summed E-state index contributed by atoms with van der Waals surface area (Å²) in [4.78, 5) is 32.9. The lowest BCUT2D eigenvalue weighted by Gasteiger charge is -2.38. The van der Waals surface area contributed by atoms with Crippen LogP contribution in [0.4, 0.5) is 0 Å². The normalized spacial score (nSPS) is 18.9. The van der Waals surface area contributed by atoms with Gasteiger partial charge in [-0.25, -0.2) is 0 Å². The summed E-state index contributed by atoms with van der Waals surface area (Å²) < 4.78 is 13.5. The number of carbonyl (C=O) groups is 1. The first kappa shape index (κ1) is 35.4. The molecule has 1 aromatic heterocycles. The van der Waals surface area contributed by atoms with Gasteiger partial charge < -0.3 is 18.9 Å². The quantitative estimate of drug-likeness (QED) is 0.200. The van der Waals surface area contributed by atoms with Crippen molar-refractivity contribution in [1.29, 1.82) is 5.26 Å². The van der Waals surface area contributed by atoms with Gasteiger partial charge in [0.05, 0.1) is 25.8 Å². The largest absolute Gasteiger partial charge is 0.496 e. The van der Waals surface area contributed by atoms with Gasteiger partial charge in [0, 0.05) is 70.2 Å². The number of ether oxygens (including phenoxy) is 2. The van der Waals surface area contributed by atoms with Crippen molar-refractivity contribution in [3.05, 3.63) is 91.9 Å². The molecule has 0 N–H and O–H groups in total. The number of hydrogen-bond donors (Lipinski definition) is 0. The van der Waals surface area contributed by atoms with Crippen molar-refractivity contribution < 1.29 is 14.3 Å². The third-order valence-electron chi connectivity index (χ3n) is 11.3. The molecule has 264 valence electrons. The molecule has 3 heterocycles. The number of amides is 1. The molecule has 0 spiro atoms. The third-order valence-corrected chi connectivity index (χ3v) is 11.3. The number of nitriles is 1. The summed E-state index contributed by atoms with van der Waals surface area (Å²) in [6.45, 7) is 11.9. The van der Waals surface area contributed by atoms with Crippen LogP contribution < -0.4 is 15.0 Å². The molecule has 6 rings (SSSR count). The number of pyridine rings is 1. The van der Waals surface area contributed by atoms with Crippen LogP contribution in [-0.4, -0.2) is 72.1 Å². The monoisotopic (exact) mass is 677 g/mol. The minimum Gasteiger partial charge on any atom is -0.496 e. The molecule has 9 heteroatoms. The van der Waals surface area contributed by atoms with Crippen molar-refractivity contribution in [1.82, 2.24) is 19.3 Å². The first-order valence-corrected chi connectivity index (χ1v) is 18.0. The molecular formula is C41H51N5O4. The number of rotatable bonds is 9. The van der Waals surface area contributed by atoms with Gasteiger partial charge in [-0.1, -0.05) is 37.1 Å². The number of hydrogen-bond acceptors (Lipinski definition) is 7. The van der Waals surface area contributed by atoms with Crippen molar-refractivity contribution in [2.45, 2.75) is 72.0 Å². The Morgan fingerprint density at radius 3 is 2.22 bits per heavy atom. The molecule has 1 aliphatic carbocycles. The molecular weight excluding hydrogens is 626 g/mol. The topological polar surface area (TPSA) is 91.0 Å². The lowest BCUT2D eigenvalue weighted by atomic mass is 9.89. The van der Waals surface area contributed by atoms with E-state index in [9.17, 15) is 14.9 Å². The van der Waals surface area contributed by atoms with Crippen LogP contribution in [-0.2, 0) is 31.4 Å². The van der Waals surface area contributed by atoms with Crippen molar-refractivity contribution in [3.8, 4) is 28.7 Å². The van der Waals surface area contributed by atoms with E-state index in [1.54, 1.807) is 25.8 Å². The Balaban J connectivity index is 1.11. The Labute approximate surface area is 296 Å². The predicted octanol–water partition coefficient (Wildman–Crippen LogP) is 6.09. The fourth-order valence-electron chi connectivity index (χ4n) is 8.17. The van der Waals surface area contributed by atoms with Gasteiger partial charge in [0.1, 0.15) is 23.1 Å². The maximum absolute atomic E-state index is 13.5. The van der Waals surface area contributed by atoms with Gasteiger partial charge in [-0.15, -0.1) is 0 Å². The van der Waals surface area contributed by atoms with E-state index in [2.05, 4.69) is 53.1 Å². The highest BCUT2D eigenvalue weighted by molar-refractivity contribution is 5.97. The standard InChI is InChI=1S/C41H51N5O4/c1-27-28(2)40(47)43(4)25-36(27)32-21-38(49-5)37(39(22-32)50-6)26-45-18-16-44(17-19-45)24-31-12-9-13-34-29(3)46(15-14-35(31)34)41(48)33(23-42)20-30-10-7-8-11-30/h9,12-13,20-22,25,29-30H,7-8,10-11,14-19,24,26H2,1-6H3/b33-20+. The maximum Gasteiger partial charge on any atom is 0.264 e. The Morgan fingerprint density at radius 1 is 0.960 bits per heavy atom. The first-order valence-electron chi connectivity index (χ1n) is 18.0. The Hall–Kier alpha value is -4.39. The highest BCUT2D eigenvalue weighted by Gasteiger charge is 2.32. The van der Waals surface area contributed by atoms with Crippen LogP contribution >= 0.6 is 0 Å². The fraction of sp³-hybridized carbons (Fsp3) is 0.488. The van der Waals surface area contributed by atoms with E-state index in [4.69, 9.17) is 9.47 Å². The molecule has 3 aromatic rings. The molecule has 9 nitrogen and oxygen atoms in total. The van der Waals surface area contributed by atoms with Gasteiger partial charge in [-0.3, -0.25) is 19.4 Å². The van der Waals surface area contributed by atoms with Crippen LogP contribution in [0, 0.1) is 31.1 Å². The number of nitrogens with zero attached hydrogens (tertiary/aromatic N) is 5. The fourth-order valence-corrected chi connectivity index (χ4v) is 8.17. The second kappa shape index (κ2) is 15.2. The van der Waals surface area contributed by atoms with E-state index in [-0.39, 0.29) is 17.5 Å². The molecule has 0 bridgehead atoms. The van der Waals surface area contributed by atoms with Crippen molar-refractivity contribution >= 4 is 5.91 Å². The van der Waals surface area contributed by atoms with Gasteiger partial charge in [0.2, 0.25) is 0 Å². The smallest absolute Gasteiger partial charge is 0.264 e. The van der Waals surface area contributed by atoms with Gasteiger partial charge in [-0.2, -0.15) is 5.26 Å². The van der Waals surface area contributed by atoms with E-state index in [0.29, 0.717) is 24.6 Å². The second-order valence-electron chi connectivity index (χ2n) is 14.3. The van der Waals surface area contributed by atoms with E-state index in [1.807, 2.05) is 31.0 Å². The van der Waals surface area contributed by atoms with Crippen molar-refractivity contribution in [3.63, 3.8) is 0 Å². The summed E-state index contributed by atoms with van der Waals surface area (Å²) in [5, 5.41) is 9.84. The molecule has 1 saturated heterocycles. The van der Waals surface area contributed by atoms with Crippen LogP contribution in [0.1, 0.15) is 72.0 Å². The molecule has 2 aliphatic heterocycles. The average molecular weight is 678 g/mol. The van der Waals surface area contributed by atoms with Crippen LogP contribution in [0.15, 0.2) is 53.0 Å². The second-order valence-corrected chi connectivity index (χ2v) is 14.3. The number of carbonyl (C=O) groups excluding carboxylic acids is 1. The van der Waals surface area contributed by atoms with Crippen LogP contribution in [0.3, 0.4) is 0 Å². The summed E-state index contributed by atoms with van der Waals surface area (Å²) in [6.07, 6.45) is 9.13. The number of methoxy groups -OCH3 is 2. The summed E-state index contributed by atoms with van der Waals surface area (Å²) >= 11 is 0. The lowest BCUT2D eigenvalue weighted by Crippen LogP contribution is -2.45.